The van der Waals surface area contributed by atoms with Crippen LogP contribution in [0.2, 0.25) is 0 Å². The molecular formula is C15H14N2O3. The Morgan fingerprint density at radius 3 is 2.55 bits per heavy atom. The Labute approximate surface area is 116 Å². The monoisotopic (exact) mass is 270 g/mol. The number of hydrogen-bond acceptors (Lipinski definition) is 3. The van der Waals surface area contributed by atoms with Gasteiger partial charge in [0.25, 0.3) is 5.91 Å². The molecule has 2 aromatic rings. The van der Waals surface area contributed by atoms with E-state index in [2.05, 4.69) is 10.3 Å². The second kappa shape index (κ2) is 5.52. The minimum Gasteiger partial charge on any atom is -0.478 e. The van der Waals surface area contributed by atoms with Gasteiger partial charge in [-0.15, -0.1) is 0 Å². The second-order valence-corrected chi connectivity index (χ2v) is 4.43. The lowest BCUT2D eigenvalue weighted by molar-refractivity contribution is 0.0695. The van der Waals surface area contributed by atoms with E-state index < -0.39 is 5.97 Å². The van der Waals surface area contributed by atoms with Gasteiger partial charge in [0.2, 0.25) is 0 Å². The summed E-state index contributed by atoms with van der Waals surface area (Å²) >= 11 is 0. The topological polar surface area (TPSA) is 79.3 Å². The number of aryl methyl sites for hydroxylation is 2. The predicted octanol–water partition coefficient (Wildman–Crippen LogP) is 2.65. The maximum Gasteiger partial charge on any atom is 0.336 e. The van der Waals surface area contributed by atoms with Gasteiger partial charge < -0.3 is 10.4 Å². The third kappa shape index (κ3) is 2.83. The number of anilines is 1. The largest absolute Gasteiger partial charge is 0.478 e. The molecule has 0 radical (unpaired) electrons. The van der Waals surface area contributed by atoms with E-state index in [-0.39, 0.29) is 11.5 Å². The van der Waals surface area contributed by atoms with Crippen LogP contribution in [0.15, 0.2) is 36.5 Å². The molecule has 2 N–H and O–H groups in total. The Balaban J connectivity index is 2.27. The molecule has 0 aliphatic carbocycles. The highest BCUT2D eigenvalue weighted by atomic mass is 16.4. The lowest BCUT2D eigenvalue weighted by Crippen LogP contribution is -2.14. The van der Waals surface area contributed by atoms with Crippen LogP contribution in [0, 0.1) is 13.8 Å². The van der Waals surface area contributed by atoms with Gasteiger partial charge in [-0.1, -0.05) is 6.07 Å². The Kier molecular flexibility index (Phi) is 3.79. The highest BCUT2D eigenvalue weighted by Gasteiger charge is 2.12. The van der Waals surface area contributed by atoms with E-state index in [4.69, 9.17) is 5.11 Å². The first kappa shape index (κ1) is 13.7. The number of hydrogen-bond donors (Lipinski definition) is 2. The molecule has 1 heterocycles. The zero-order valence-corrected chi connectivity index (χ0v) is 11.2. The molecule has 0 saturated heterocycles. The van der Waals surface area contributed by atoms with Gasteiger partial charge in [0, 0.05) is 17.6 Å². The van der Waals surface area contributed by atoms with Crippen LogP contribution < -0.4 is 5.32 Å². The van der Waals surface area contributed by atoms with Gasteiger partial charge in [-0.2, -0.15) is 0 Å². The highest BCUT2D eigenvalue weighted by molar-refractivity contribution is 6.05. The highest BCUT2D eigenvalue weighted by Crippen LogP contribution is 2.16. The van der Waals surface area contributed by atoms with Crippen molar-refractivity contribution in [2.45, 2.75) is 13.8 Å². The average molecular weight is 270 g/mol. The van der Waals surface area contributed by atoms with Crippen LogP contribution >= 0.6 is 0 Å². The fraction of sp³-hybridized carbons (Fsp3) is 0.133. The fourth-order valence-corrected chi connectivity index (χ4v) is 1.85. The van der Waals surface area contributed by atoms with E-state index in [1.165, 1.54) is 6.07 Å². The Morgan fingerprint density at radius 1 is 1.15 bits per heavy atom. The summed E-state index contributed by atoms with van der Waals surface area (Å²) in [4.78, 5) is 27.2. The average Bonchev–Trinajstić information content (AvgIpc) is 2.41. The molecule has 0 bridgehead atoms. The first-order valence-corrected chi connectivity index (χ1v) is 6.06. The maximum atomic E-state index is 12.1. The van der Waals surface area contributed by atoms with Crippen molar-refractivity contribution >= 4 is 17.6 Å². The van der Waals surface area contributed by atoms with Crippen LogP contribution in [-0.2, 0) is 0 Å². The zero-order valence-electron chi connectivity index (χ0n) is 11.2. The third-order valence-electron chi connectivity index (χ3n) is 2.98. The zero-order chi connectivity index (χ0) is 14.7. The lowest BCUT2D eigenvalue weighted by atomic mass is 10.1. The number of benzene rings is 1. The molecule has 1 amide bonds. The molecule has 102 valence electrons. The quantitative estimate of drug-likeness (QED) is 0.898. The Morgan fingerprint density at radius 2 is 1.90 bits per heavy atom. The molecule has 0 spiro atoms. The van der Waals surface area contributed by atoms with Crippen molar-refractivity contribution in [1.29, 1.82) is 0 Å². The lowest BCUT2D eigenvalue weighted by Gasteiger charge is -2.09. The smallest absolute Gasteiger partial charge is 0.336 e. The Hall–Kier alpha value is -2.69. The van der Waals surface area contributed by atoms with Crippen molar-refractivity contribution in [2.75, 3.05) is 5.32 Å². The van der Waals surface area contributed by atoms with Gasteiger partial charge in [-0.25, -0.2) is 4.79 Å². The number of carboxylic acid groups (broad SMARTS) is 1. The Bertz CT molecular complexity index is 681. The van der Waals surface area contributed by atoms with Crippen LogP contribution in [0.1, 0.15) is 32.0 Å². The van der Waals surface area contributed by atoms with Crippen molar-refractivity contribution in [3.05, 3.63) is 58.9 Å². The second-order valence-electron chi connectivity index (χ2n) is 4.43. The van der Waals surface area contributed by atoms with Crippen molar-refractivity contribution in [2.24, 2.45) is 0 Å². The summed E-state index contributed by atoms with van der Waals surface area (Å²) in [6, 6.07) is 8.13. The summed E-state index contributed by atoms with van der Waals surface area (Å²) < 4.78 is 0. The molecule has 5 nitrogen and oxygen atoms in total. The molecule has 0 fully saturated rings. The first-order valence-electron chi connectivity index (χ1n) is 6.06. The minimum absolute atomic E-state index is 0.172. The standard InChI is InChI=1S/C15H14N2O3/c1-9-5-6-11(8-13(9)15(19)20)17-14(18)12-4-3-7-16-10(12)2/h3-8H,1-2H3,(H,17,18)(H,19,20). The molecular weight excluding hydrogens is 256 g/mol. The van der Waals surface area contributed by atoms with Crippen molar-refractivity contribution in [3.63, 3.8) is 0 Å². The maximum absolute atomic E-state index is 12.1. The van der Waals surface area contributed by atoms with E-state index in [1.54, 1.807) is 44.3 Å². The molecule has 0 atom stereocenters. The number of aromatic nitrogens is 1. The van der Waals surface area contributed by atoms with Crippen LogP contribution in [0.3, 0.4) is 0 Å². The van der Waals surface area contributed by atoms with E-state index in [0.717, 1.165) is 0 Å². The van der Waals surface area contributed by atoms with Crippen LogP contribution in [0.25, 0.3) is 0 Å². The summed E-state index contributed by atoms with van der Waals surface area (Å²) in [7, 11) is 0. The van der Waals surface area contributed by atoms with Gasteiger partial charge in [0.15, 0.2) is 0 Å². The summed E-state index contributed by atoms with van der Waals surface area (Å²) in [5, 5.41) is 11.7. The number of amides is 1. The molecule has 5 heteroatoms. The van der Waals surface area contributed by atoms with Crippen LogP contribution in [0.5, 0.6) is 0 Å². The molecule has 0 aliphatic heterocycles. The number of carboxylic acids is 1. The number of rotatable bonds is 3. The molecule has 0 unspecified atom stereocenters. The van der Waals surface area contributed by atoms with E-state index in [0.29, 0.717) is 22.5 Å². The first-order chi connectivity index (χ1) is 9.49. The van der Waals surface area contributed by atoms with E-state index in [1.807, 2.05) is 0 Å². The predicted molar refractivity (Wildman–Crippen MR) is 75.1 cm³/mol. The van der Waals surface area contributed by atoms with Gasteiger partial charge in [-0.3, -0.25) is 9.78 Å². The number of nitrogens with one attached hydrogen (secondary N) is 1. The normalized spacial score (nSPS) is 10.1. The summed E-state index contributed by atoms with van der Waals surface area (Å²) in [6.07, 6.45) is 1.61. The van der Waals surface area contributed by atoms with Gasteiger partial charge in [-0.05, 0) is 43.7 Å². The molecule has 2 rings (SSSR count). The van der Waals surface area contributed by atoms with Crippen molar-refractivity contribution in [1.82, 2.24) is 4.98 Å². The molecule has 1 aromatic heterocycles. The molecule has 0 saturated carbocycles. The molecule has 20 heavy (non-hydrogen) atoms. The minimum atomic E-state index is -1.02. The van der Waals surface area contributed by atoms with Gasteiger partial charge in [0.05, 0.1) is 11.1 Å². The van der Waals surface area contributed by atoms with Crippen LogP contribution in [0.4, 0.5) is 5.69 Å². The summed E-state index contributed by atoms with van der Waals surface area (Å²) in [5.74, 6) is -1.33. The van der Waals surface area contributed by atoms with Gasteiger partial charge >= 0.3 is 5.97 Å². The number of carbonyl (C=O) groups excluding carboxylic acids is 1. The summed E-state index contributed by atoms with van der Waals surface area (Å²) in [5.41, 5.74) is 2.35. The van der Waals surface area contributed by atoms with Gasteiger partial charge in [0.1, 0.15) is 0 Å². The van der Waals surface area contributed by atoms with Crippen LogP contribution in [-0.4, -0.2) is 22.0 Å². The molecule has 0 aliphatic rings. The van der Waals surface area contributed by atoms with Crippen molar-refractivity contribution < 1.29 is 14.7 Å². The fourth-order valence-electron chi connectivity index (χ4n) is 1.85. The number of carbonyl (C=O) groups is 2. The van der Waals surface area contributed by atoms with E-state index in [9.17, 15) is 9.59 Å². The SMILES string of the molecule is Cc1ccc(NC(=O)c2cccnc2C)cc1C(=O)O. The number of nitrogens with zero attached hydrogens (tertiary/aromatic N) is 1. The van der Waals surface area contributed by atoms with Crippen molar-refractivity contribution in [3.8, 4) is 0 Å². The van der Waals surface area contributed by atoms with E-state index >= 15 is 0 Å². The third-order valence-corrected chi connectivity index (χ3v) is 2.98. The number of pyridine rings is 1. The number of aromatic carboxylic acids is 1. The molecule has 1 aromatic carbocycles. The summed E-state index contributed by atoms with van der Waals surface area (Å²) in [6.45, 7) is 3.45.